The zero-order valence-corrected chi connectivity index (χ0v) is 11.9. The van der Waals surface area contributed by atoms with Crippen LogP contribution in [0.15, 0.2) is 0 Å². The Kier molecular flexibility index (Phi) is 4.09. The maximum absolute atomic E-state index is 12.6. The maximum atomic E-state index is 12.6. The van der Waals surface area contributed by atoms with E-state index >= 15 is 0 Å². The number of nitrogens with two attached hydrogens (primary N) is 1. The number of nitrogen functional groups attached to an aromatic ring is 1. The first-order valence-electron chi connectivity index (χ1n) is 6.84. The van der Waals surface area contributed by atoms with E-state index in [0.29, 0.717) is 11.4 Å². The summed E-state index contributed by atoms with van der Waals surface area (Å²) >= 11 is 0. The van der Waals surface area contributed by atoms with Gasteiger partial charge in [0.05, 0.1) is 11.4 Å². The van der Waals surface area contributed by atoms with Gasteiger partial charge in [-0.1, -0.05) is 6.92 Å². The van der Waals surface area contributed by atoms with E-state index in [1.807, 2.05) is 11.8 Å². The summed E-state index contributed by atoms with van der Waals surface area (Å²) in [7, 11) is 2.10. The normalized spacial score (nSPS) is 21.4. The highest BCUT2D eigenvalue weighted by Crippen LogP contribution is 2.19. The smallest absolute Gasteiger partial charge is 0.276 e. The molecule has 6 nitrogen and oxygen atoms in total. The van der Waals surface area contributed by atoms with Gasteiger partial charge in [0.15, 0.2) is 5.69 Å². The fourth-order valence-electron chi connectivity index (χ4n) is 2.60. The Balaban J connectivity index is 2.23. The number of likely N-dealkylation sites (N-methyl/N-ethyl adjacent to an activating group) is 1. The van der Waals surface area contributed by atoms with E-state index < -0.39 is 0 Å². The van der Waals surface area contributed by atoms with Gasteiger partial charge in [0.25, 0.3) is 5.91 Å². The number of nitrogens with zero attached hydrogens (tertiary/aromatic N) is 3. The van der Waals surface area contributed by atoms with E-state index in [2.05, 4.69) is 29.1 Å². The van der Waals surface area contributed by atoms with Crippen LogP contribution in [0.3, 0.4) is 0 Å². The zero-order valence-electron chi connectivity index (χ0n) is 11.9. The molecule has 1 aromatic heterocycles. The van der Waals surface area contributed by atoms with Crippen molar-refractivity contribution in [1.29, 1.82) is 0 Å². The fourth-order valence-corrected chi connectivity index (χ4v) is 2.60. The van der Waals surface area contributed by atoms with E-state index in [1.54, 1.807) is 0 Å². The van der Waals surface area contributed by atoms with Gasteiger partial charge in [-0.25, -0.2) is 0 Å². The second-order valence-electron chi connectivity index (χ2n) is 5.29. The number of hydrogen-bond donors (Lipinski definition) is 2. The van der Waals surface area contributed by atoms with Gasteiger partial charge in [0.1, 0.15) is 0 Å². The highest BCUT2D eigenvalue weighted by atomic mass is 16.2. The van der Waals surface area contributed by atoms with E-state index in [4.69, 9.17) is 5.73 Å². The Bertz CT molecular complexity index is 456. The van der Waals surface area contributed by atoms with Gasteiger partial charge < -0.3 is 15.5 Å². The maximum Gasteiger partial charge on any atom is 0.276 e. The molecule has 6 heteroatoms. The number of nitrogens with one attached hydrogen (secondary N) is 1. The number of amides is 1. The lowest BCUT2D eigenvalue weighted by atomic mass is 10.1. The summed E-state index contributed by atoms with van der Waals surface area (Å²) < 4.78 is 0. The lowest BCUT2D eigenvalue weighted by Crippen LogP contribution is -2.43. The molecule has 1 aliphatic heterocycles. The van der Waals surface area contributed by atoms with Crippen LogP contribution >= 0.6 is 0 Å². The minimum atomic E-state index is -0.0519. The molecule has 106 valence electrons. The van der Waals surface area contributed by atoms with Gasteiger partial charge in [-0.05, 0) is 33.4 Å². The Morgan fingerprint density at radius 2 is 2.26 bits per heavy atom. The van der Waals surface area contributed by atoms with Crippen molar-refractivity contribution in [3.05, 3.63) is 11.4 Å². The number of aromatic amines is 1. The predicted molar refractivity (Wildman–Crippen MR) is 75.0 cm³/mol. The van der Waals surface area contributed by atoms with Crippen molar-refractivity contribution in [2.75, 3.05) is 32.4 Å². The number of aryl methyl sites for hydroxylation is 1. The van der Waals surface area contributed by atoms with Crippen LogP contribution in [-0.2, 0) is 0 Å². The van der Waals surface area contributed by atoms with E-state index in [1.165, 1.54) is 0 Å². The van der Waals surface area contributed by atoms with E-state index in [0.717, 1.165) is 38.2 Å². The molecule has 0 radical (unpaired) electrons. The summed E-state index contributed by atoms with van der Waals surface area (Å²) in [6.07, 6.45) is 1.93. The second-order valence-corrected chi connectivity index (χ2v) is 5.29. The quantitative estimate of drug-likeness (QED) is 0.831. The first kappa shape index (κ1) is 13.9. The molecule has 3 N–H and O–H groups in total. The van der Waals surface area contributed by atoms with Crippen LogP contribution in [-0.4, -0.2) is 58.6 Å². The van der Waals surface area contributed by atoms with Crippen LogP contribution in [0, 0.1) is 6.92 Å². The molecular weight excluding hydrogens is 242 g/mol. The molecule has 1 saturated heterocycles. The van der Waals surface area contributed by atoms with Gasteiger partial charge in [-0.2, -0.15) is 5.10 Å². The highest BCUT2D eigenvalue weighted by molar-refractivity contribution is 5.97. The zero-order chi connectivity index (χ0) is 14.0. The van der Waals surface area contributed by atoms with Crippen LogP contribution in [0.4, 0.5) is 5.69 Å². The molecule has 1 atom stereocenters. The molecule has 1 unspecified atom stereocenters. The van der Waals surface area contributed by atoms with Crippen molar-refractivity contribution >= 4 is 11.6 Å². The Morgan fingerprint density at radius 1 is 1.53 bits per heavy atom. The molecule has 1 fully saturated rings. The van der Waals surface area contributed by atoms with Gasteiger partial charge in [-0.15, -0.1) is 0 Å². The predicted octanol–water partition coefficient (Wildman–Crippen LogP) is 0.857. The average molecular weight is 265 g/mol. The van der Waals surface area contributed by atoms with Crippen molar-refractivity contribution in [2.24, 2.45) is 0 Å². The monoisotopic (exact) mass is 265 g/mol. The lowest BCUT2D eigenvalue weighted by molar-refractivity contribution is 0.0670. The van der Waals surface area contributed by atoms with Crippen molar-refractivity contribution in [3.63, 3.8) is 0 Å². The average Bonchev–Trinajstić information content (AvgIpc) is 2.62. The number of carbonyl (C=O) groups is 1. The molecule has 0 aromatic carbocycles. The Labute approximate surface area is 113 Å². The Hall–Kier alpha value is -1.56. The number of anilines is 1. The molecule has 0 aliphatic carbocycles. The SMILES string of the molecule is CCC1CN(C)CCCN1C(=O)c1n[nH]c(C)c1N. The van der Waals surface area contributed by atoms with E-state index in [9.17, 15) is 4.79 Å². The molecule has 0 bridgehead atoms. The number of hydrogen-bond acceptors (Lipinski definition) is 4. The minimum absolute atomic E-state index is 0.0519. The van der Waals surface area contributed by atoms with Crippen molar-refractivity contribution in [2.45, 2.75) is 32.7 Å². The van der Waals surface area contributed by atoms with Gasteiger partial charge in [0, 0.05) is 19.1 Å². The summed E-state index contributed by atoms with van der Waals surface area (Å²) in [6, 6.07) is 0.233. The van der Waals surface area contributed by atoms with Crippen LogP contribution in [0.5, 0.6) is 0 Å². The van der Waals surface area contributed by atoms with Gasteiger partial charge in [-0.3, -0.25) is 9.89 Å². The number of H-pyrrole nitrogens is 1. The topological polar surface area (TPSA) is 78.2 Å². The van der Waals surface area contributed by atoms with Gasteiger partial charge in [0.2, 0.25) is 0 Å². The molecule has 1 amide bonds. The summed E-state index contributed by atoms with van der Waals surface area (Å²) in [6.45, 7) is 6.64. The van der Waals surface area contributed by atoms with Crippen LogP contribution in [0.25, 0.3) is 0 Å². The fraction of sp³-hybridized carbons (Fsp3) is 0.692. The van der Waals surface area contributed by atoms with Crippen LogP contribution < -0.4 is 5.73 Å². The number of rotatable bonds is 2. The minimum Gasteiger partial charge on any atom is -0.395 e. The molecule has 1 aromatic rings. The summed E-state index contributed by atoms with van der Waals surface area (Å²) in [4.78, 5) is 16.8. The number of aromatic nitrogens is 2. The first-order chi connectivity index (χ1) is 9.04. The highest BCUT2D eigenvalue weighted by Gasteiger charge is 2.29. The molecule has 0 saturated carbocycles. The molecule has 2 rings (SSSR count). The van der Waals surface area contributed by atoms with Crippen LogP contribution in [0.2, 0.25) is 0 Å². The largest absolute Gasteiger partial charge is 0.395 e. The summed E-state index contributed by atoms with van der Waals surface area (Å²) in [5.74, 6) is -0.0519. The summed E-state index contributed by atoms with van der Waals surface area (Å²) in [5, 5.41) is 6.84. The van der Waals surface area contributed by atoms with Gasteiger partial charge >= 0.3 is 0 Å². The molecule has 1 aliphatic rings. The molecular formula is C13H23N5O. The third kappa shape index (κ3) is 2.73. The Morgan fingerprint density at radius 3 is 2.84 bits per heavy atom. The second kappa shape index (κ2) is 5.61. The number of carbonyl (C=O) groups excluding carboxylic acids is 1. The third-order valence-electron chi connectivity index (χ3n) is 3.83. The van der Waals surface area contributed by atoms with Crippen molar-refractivity contribution in [3.8, 4) is 0 Å². The van der Waals surface area contributed by atoms with Crippen molar-refractivity contribution < 1.29 is 4.79 Å². The standard InChI is InChI=1S/C13H23N5O/c1-4-10-8-17(3)6-5-7-18(10)13(19)12-11(14)9(2)15-16-12/h10H,4-8,14H2,1-3H3,(H,15,16). The van der Waals surface area contributed by atoms with Crippen molar-refractivity contribution in [1.82, 2.24) is 20.0 Å². The lowest BCUT2D eigenvalue weighted by Gasteiger charge is -2.29. The molecule has 0 spiro atoms. The van der Waals surface area contributed by atoms with Crippen LogP contribution in [0.1, 0.15) is 35.9 Å². The molecule has 2 heterocycles. The first-order valence-corrected chi connectivity index (χ1v) is 6.84. The third-order valence-corrected chi connectivity index (χ3v) is 3.83. The van der Waals surface area contributed by atoms with E-state index in [-0.39, 0.29) is 11.9 Å². The molecule has 19 heavy (non-hydrogen) atoms. The summed E-state index contributed by atoms with van der Waals surface area (Å²) in [5.41, 5.74) is 7.50.